The largest absolute Gasteiger partial charge is 0.493 e. The zero-order valence-corrected chi connectivity index (χ0v) is 11.0. The van der Waals surface area contributed by atoms with E-state index in [9.17, 15) is 0 Å². The van der Waals surface area contributed by atoms with Gasteiger partial charge in [-0.15, -0.1) is 0 Å². The van der Waals surface area contributed by atoms with Crippen LogP contribution in [0.1, 0.15) is 50.3 Å². The van der Waals surface area contributed by atoms with E-state index in [-0.39, 0.29) is 0 Å². The molecule has 0 aliphatic carbocycles. The Hall–Kier alpha value is -1.02. The van der Waals surface area contributed by atoms with E-state index >= 15 is 0 Å². The van der Waals surface area contributed by atoms with Crippen molar-refractivity contribution in [1.29, 1.82) is 0 Å². The van der Waals surface area contributed by atoms with Gasteiger partial charge in [0.1, 0.15) is 5.75 Å². The Kier molecular flexibility index (Phi) is 4.43. The maximum absolute atomic E-state index is 5.73. The fraction of sp³-hybridized carbons (Fsp3) is 0.600. The van der Waals surface area contributed by atoms with Crippen LogP contribution < -0.4 is 10.1 Å². The third-order valence-corrected chi connectivity index (χ3v) is 3.29. The predicted octanol–water partition coefficient (Wildman–Crippen LogP) is 3.46. The summed E-state index contributed by atoms with van der Waals surface area (Å²) in [6, 6.07) is 7.14. The number of hydrogen-bond acceptors (Lipinski definition) is 2. The third kappa shape index (κ3) is 3.01. The molecule has 0 spiro atoms. The fourth-order valence-corrected chi connectivity index (χ4v) is 2.42. The lowest BCUT2D eigenvalue weighted by Crippen LogP contribution is -2.27. The minimum Gasteiger partial charge on any atom is -0.493 e. The normalized spacial score (nSPS) is 18.6. The number of aryl methyl sites for hydroxylation is 1. The summed E-state index contributed by atoms with van der Waals surface area (Å²) in [6.07, 6.45) is 4.63. The van der Waals surface area contributed by atoms with Crippen molar-refractivity contribution in [3.05, 3.63) is 29.3 Å². The Morgan fingerprint density at radius 3 is 2.94 bits per heavy atom. The van der Waals surface area contributed by atoms with Crippen LogP contribution in [0.15, 0.2) is 18.2 Å². The second-order valence-electron chi connectivity index (χ2n) is 4.77. The van der Waals surface area contributed by atoms with E-state index in [0.717, 1.165) is 31.7 Å². The topological polar surface area (TPSA) is 21.3 Å². The summed E-state index contributed by atoms with van der Waals surface area (Å²) < 4.78 is 5.73. The first kappa shape index (κ1) is 12.4. The first-order valence-corrected chi connectivity index (χ1v) is 6.84. The smallest absolute Gasteiger partial charge is 0.124 e. The van der Waals surface area contributed by atoms with E-state index in [1.165, 1.54) is 24.0 Å². The highest BCUT2D eigenvalue weighted by Crippen LogP contribution is 2.32. The van der Waals surface area contributed by atoms with Crippen LogP contribution in [-0.2, 0) is 6.42 Å². The highest BCUT2D eigenvalue weighted by molar-refractivity contribution is 5.40. The average molecular weight is 233 g/mol. The highest BCUT2D eigenvalue weighted by atomic mass is 16.5. The van der Waals surface area contributed by atoms with Gasteiger partial charge < -0.3 is 10.1 Å². The number of rotatable bonds is 5. The van der Waals surface area contributed by atoms with Gasteiger partial charge >= 0.3 is 0 Å². The molecule has 1 aromatic carbocycles. The number of benzene rings is 1. The molecule has 0 saturated carbocycles. The predicted molar refractivity (Wildman–Crippen MR) is 71.6 cm³/mol. The molecule has 2 rings (SSSR count). The van der Waals surface area contributed by atoms with Crippen molar-refractivity contribution in [2.75, 3.05) is 13.2 Å². The Morgan fingerprint density at radius 1 is 1.29 bits per heavy atom. The standard InChI is InChI=1S/C15H23NO/c1-3-5-12-6-7-15-13(11-12)14(8-10-17-15)16-9-4-2/h6-7,11,14,16H,3-5,8-10H2,1-2H3. The molecule has 0 saturated heterocycles. The number of nitrogens with one attached hydrogen (secondary N) is 1. The molecule has 1 aliphatic heterocycles. The molecule has 2 nitrogen and oxygen atoms in total. The quantitative estimate of drug-likeness (QED) is 0.841. The first-order valence-electron chi connectivity index (χ1n) is 6.84. The zero-order valence-electron chi connectivity index (χ0n) is 11.0. The minimum atomic E-state index is 0.482. The zero-order chi connectivity index (χ0) is 12.1. The fourth-order valence-electron chi connectivity index (χ4n) is 2.42. The second kappa shape index (κ2) is 6.06. The molecule has 0 aromatic heterocycles. The second-order valence-corrected chi connectivity index (χ2v) is 4.77. The van der Waals surface area contributed by atoms with Crippen LogP contribution in [0, 0.1) is 0 Å². The molecule has 1 aliphatic rings. The van der Waals surface area contributed by atoms with Crippen molar-refractivity contribution < 1.29 is 4.74 Å². The third-order valence-electron chi connectivity index (χ3n) is 3.29. The molecule has 0 amide bonds. The van der Waals surface area contributed by atoms with Gasteiger partial charge in [0, 0.05) is 18.0 Å². The van der Waals surface area contributed by atoms with Gasteiger partial charge in [-0.2, -0.15) is 0 Å². The van der Waals surface area contributed by atoms with Crippen LogP contribution in [-0.4, -0.2) is 13.2 Å². The van der Waals surface area contributed by atoms with Crippen LogP contribution in [0.4, 0.5) is 0 Å². The molecule has 0 bridgehead atoms. The van der Waals surface area contributed by atoms with Crippen LogP contribution in [0.3, 0.4) is 0 Å². The van der Waals surface area contributed by atoms with Crippen molar-refractivity contribution in [3.63, 3.8) is 0 Å². The minimum absolute atomic E-state index is 0.482. The van der Waals surface area contributed by atoms with Crippen LogP contribution >= 0.6 is 0 Å². The van der Waals surface area contributed by atoms with Crippen molar-refractivity contribution in [2.45, 2.75) is 45.6 Å². The van der Waals surface area contributed by atoms with Gasteiger partial charge in [-0.1, -0.05) is 32.4 Å². The summed E-state index contributed by atoms with van der Waals surface area (Å²) in [6.45, 7) is 6.35. The number of hydrogen-bond donors (Lipinski definition) is 1. The summed E-state index contributed by atoms with van der Waals surface area (Å²) in [7, 11) is 0. The van der Waals surface area contributed by atoms with E-state index in [2.05, 4.69) is 37.4 Å². The van der Waals surface area contributed by atoms with Gasteiger partial charge in [0.25, 0.3) is 0 Å². The lowest BCUT2D eigenvalue weighted by molar-refractivity contribution is 0.253. The van der Waals surface area contributed by atoms with Gasteiger partial charge in [0.05, 0.1) is 6.61 Å². The molecule has 1 heterocycles. The maximum Gasteiger partial charge on any atom is 0.124 e. The van der Waals surface area contributed by atoms with Crippen molar-refractivity contribution >= 4 is 0 Å². The SMILES string of the molecule is CCCNC1CCOc2ccc(CCC)cc21. The lowest BCUT2D eigenvalue weighted by Gasteiger charge is -2.27. The Labute approximate surface area is 104 Å². The van der Waals surface area contributed by atoms with Crippen molar-refractivity contribution in [3.8, 4) is 5.75 Å². The molecule has 2 heteroatoms. The van der Waals surface area contributed by atoms with Crippen molar-refractivity contribution in [1.82, 2.24) is 5.32 Å². The average Bonchev–Trinajstić information content (AvgIpc) is 2.36. The van der Waals surface area contributed by atoms with E-state index in [4.69, 9.17) is 4.74 Å². The van der Waals surface area contributed by atoms with Gasteiger partial charge in [0.15, 0.2) is 0 Å². The van der Waals surface area contributed by atoms with E-state index in [1.807, 2.05) is 0 Å². The van der Waals surface area contributed by atoms with Gasteiger partial charge in [-0.05, 0) is 31.0 Å². The monoisotopic (exact) mass is 233 g/mol. The van der Waals surface area contributed by atoms with E-state index < -0.39 is 0 Å². The number of fused-ring (bicyclic) bond motifs is 1. The van der Waals surface area contributed by atoms with Gasteiger partial charge in [-0.3, -0.25) is 0 Å². The first-order chi connectivity index (χ1) is 8.35. The van der Waals surface area contributed by atoms with E-state index in [0.29, 0.717) is 6.04 Å². The molecule has 0 fully saturated rings. The molecule has 17 heavy (non-hydrogen) atoms. The molecule has 1 aromatic rings. The maximum atomic E-state index is 5.73. The van der Waals surface area contributed by atoms with Crippen LogP contribution in [0.25, 0.3) is 0 Å². The lowest BCUT2D eigenvalue weighted by atomic mass is 9.97. The molecule has 1 N–H and O–H groups in total. The Bertz CT molecular complexity index is 362. The summed E-state index contributed by atoms with van der Waals surface area (Å²) >= 11 is 0. The summed E-state index contributed by atoms with van der Waals surface area (Å²) in [5.41, 5.74) is 2.79. The summed E-state index contributed by atoms with van der Waals surface area (Å²) in [5.74, 6) is 1.07. The summed E-state index contributed by atoms with van der Waals surface area (Å²) in [5, 5.41) is 3.62. The Morgan fingerprint density at radius 2 is 2.18 bits per heavy atom. The Balaban J connectivity index is 2.18. The molecule has 94 valence electrons. The van der Waals surface area contributed by atoms with Crippen molar-refractivity contribution in [2.24, 2.45) is 0 Å². The molecule has 1 unspecified atom stereocenters. The molecular formula is C15H23NO. The van der Waals surface area contributed by atoms with E-state index in [1.54, 1.807) is 0 Å². The van der Waals surface area contributed by atoms with Crippen LogP contribution in [0.2, 0.25) is 0 Å². The highest BCUT2D eigenvalue weighted by Gasteiger charge is 2.20. The molecule has 0 radical (unpaired) electrons. The summed E-state index contributed by atoms with van der Waals surface area (Å²) in [4.78, 5) is 0. The molecular weight excluding hydrogens is 210 g/mol. The van der Waals surface area contributed by atoms with Gasteiger partial charge in [-0.25, -0.2) is 0 Å². The van der Waals surface area contributed by atoms with Crippen LogP contribution in [0.5, 0.6) is 5.75 Å². The van der Waals surface area contributed by atoms with Gasteiger partial charge in [0.2, 0.25) is 0 Å². The number of ether oxygens (including phenoxy) is 1. The molecule has 1 atom stereocenters.